The number of nitrogen functional groups attached to an aromatic ring is 1. The molecule has 0 amide bonds. The lowest BCUT2D eigenvalue weighted by Crippen LogP contribution is -2.46. The van der Waals surface area contributed by atoms with Crippen molar-refractivity contribution in [2.45, 2.75) is 19.8 Å². The number of nitrogens with two attached hydrogens (primary N) is 1. The van der Waals surface area contributed by atoms with Crippen LogP contribution in [0.15, 0.2) is 18.2 Å². The summed E-state index contributed by atoms with van der Waals surface area (Å²) in [7, 11) is 0. The zero-order valence-corrected chi connectivity index (χ0v) is 11.0. The third-order valence-electron chi connectivity index (χ3n) is 3.53. The molecule has 1 aromatic carbocycles. The second-order valence-corrected chi connectivity index (χ2v) is 4.89. The number of hydrogen-bond donors (Lipinski definition) is 1. The van der Waals surface area contributed by atoms with Crippen LogP contribution in [0.3, 0.4) is 0 Å². The Bertz CT molecular complexity index is 387. The predicted molar refractivity (Wildman–Crippen MR) is 74.4 cm³/mol. The van der Waals surface area contributed by atoms with E-state index in [4.69, 9.17) is 5.73 Å². The Morgan fingerprint density at radius 1 is 1.22 bits per heavy atom. The summed E-state index contributed by atoms with van der Waals surface area (Å²) in [5, 5.41) is 0. The Labute approximate surface area is 108 Å². The second-order valence-electron chi connectivity index (χ2n) is 4.89. The standard InChI is InChI=1S/C14H22FN3/c1-2-3-6-17-7-9-18(10-8-17)14-11-12(15)4-5-13(14)16/h4-5,11H,2-3,6-10,16H2,1H3. The van der Waals surface area contributed by atoms with Gasteiger partial charge in [0.2, 0.25) is 0 Å². The first kappa shape index (κ1) is 13.1. The number of nitrogens with zero attached hydrogens (tertiary/aromatic N) is 2. The largest absolute Gasteiger partial charge is 0.397 e. The van der Waals surface area contributed by atoms with Crippen LogP contribution in [-0.4, -0.2) is 37.6 Å². The van der Waals surface area contributed by atoms with E-state index in [1.807, 2.05) is 0 Å². The molecular formula is C14H22FN3. The SMILES string of the molecule is CCCCN1CCN(c2cc(F)ccc2N)CC1. The number of piperazine rings is 1. The van der Waals surface area contributed by atoms with E-state index in [9.17, 15) is 4.39 Å². The minimum atomic E-state index is -0.215. The van der Waals surface area contributed by atoms with Gasteiger partial charge >= 0.3 is 0 Å². The highest BCUT2D eigenvalue weighted by atomic mass is 19.1. The molecule has 0 spiro atoms. The number of unbranched alkanes of at least 4 members (excludes halogenated alkanes) is 1. The van der Waals surface area contributed by atoms with Crippen molar-refractivity contribution in [2.75, 3.05) is 43.4 Å². The first-order valence-corrected chi connectivity index (χ1v) is 6.73. The molecule has 4 heteroatoms. The molecule has 3 nitrogen and oxygen atoms in total. The lowest BCUT2D eigenvalue weighted by Gasteiger charge is -2.36. The maximum atomic E-state index is 13.3. The van der Waals surface area contributed by atoms with Gasteiger partial charge in [-0.05, 0) is 31.2 Å². The van der Waals surface area contributed by atoms with Crippen LogP contribution >= 0.6 is 0 Å². The molecule has 2 rings (SSSR count). The van der Waals surface area contributed by atoms with E-state index in [0.717, 1.165) is 31.9 Å². The number of rotatable bonds is 4. The van der Waals surface area contributed by atoms with E-state index >= 15 is 0 Å². The first-order chi connectivity index (χ1) is 8.70. The zero-order chi connectivity index (χ0) is 13.0. The Kier molecular flexibility index (Phi) is 4.42. The summed E-state index contributed by atoms with van der Waals surface area (Å²) in [6.45, 7) is 7.31. The molecule has 0 bridgehead atoms. The molecule has 2 N–H and O–H groups in total. The summed E-state index contributed by atoms with van der Waals surface area (Å²) in [5.41, 5.74) is 7.42. The Balaban J connectivity index is 1.94. The van der Waals surface area contributed by atoms with Crippen molar-refractivity contribution < 1.29 is 4.39 Å². The zero-order valence-electron chi connectivity index (χ0n) is 11.0. The minimum Gasteiger partial charge on any atom is -0.397 e. The highest BCUT2D eigenvalue weighted by Crippen LogP contribution is 2.25. The van der Waals surface area contributed by atoms with Gasteiger partial charge < -0.3 is 10.6 Å². The summed E-state index contributed by atoms with van der Waals surface area (Å²) < 4.78 is 13.3. The summed E-state index contributed by atoms with van der Waals surface area (Å²) in [6, 6.07) is 4.60. The average molecular weight is 251 g/mol. The van der Waals surface area contributed by atoms with Crippen LogP contribution in [-0.2, 0) is 0 Å². The molecule has 0 saturated carbocycles. The molecule has 1 aliphatic heterocycles. The quantitative estimate of drug-likeness (QED) is 0.834. The van der Waals surface area contributed by atoms with Crippen molar-refractivity contribution in [1.82, 2.24) is 4.90 Å². The molecule has 0 radical (unpaired) electrons. The maximum absolute atomic E-state index is 13.3. The van der Waals surface area contributed by atoms with Gasteiger partial charge in [0.1, 0.15) is 5.82 Å². The minimum absolute atomic E-state index is 0.215. The van der Waals surface area contributed by atoms with Crippen molar-refractivity contribution >= 4 is 11.4 Å². The molecule has 1 aromatic rings. The van der Waals surface area contributed by atoms with Gasteiger partial charge in [0.25, 0.3) is 0 Å². The van der Waals surface area contributed by atoms with Gasteiger partial charge in [0, 0.05) is 26.2 Å². The van der Waals surface area contributed by atoms with Crippen LogP contribution in [0, 0.1) is 5.82 Å². The van der Waals surface area contributed by atoms with Crippen molar-refractivity contribution in [1.29, 1.82) is 0 Å². The maximum Gasteiger partial charge on any atom is 0.125 e. The molecule has 0 unspecified atom stereocenters. The predicted octanol–water partition coefficient (Wildman–Crippen LogP) is 2.33. The monoisotopic (exact) mass is 251 g/mol. The normalized spacial score (nSPS) is 17.1. The lowest BCUT2D eigenvalue weighted by molar-refractivity contribution is 0.254. The highest BCUT2D eigenvalue weighted by molar-refractivity contribution is 5.67. The fourth-order valence-electron chi connectivity index (χ4n) is 2.38. The average Bonchev–Trinajstić information content (AvgIpc) is 2.40. The number of halogens is 1. The third-order valence-corrected chi connectivity index (χ3v) is 3.53. The van der Waals surface area contributed by atoms with Crippen LogP contribution in [0.5, 0.6) is 0 Å². The number of anilines is 2. The molecule has 100 valence electrons. The number of benzene rings is 1. The van der Waals surface area contributed by atoms with Crippen molar-refractivity contribution in [3.8, 4) is 0 Å². The molecule has 0 atom stereocenters. The van der Waals surface area contributed by atoms with E-state index in [-0.39, 0.29) is 5.82 Å². The summed E-state index contributed by atoms with van der Waals surface area (Å²) in [4.78, 5) is 4.65. The van der Waals surface area contributed by atoms with Crippen LogP contribution < -0.4 is 10.6 Å². The van der Waals surface area contributed by atoms with Crippen LogP contribution in [0.25, 0.3) is 0 Å². The van der Waals surface area contributed by atoms with E-state index in [1.165, 1.54) is 31.5 Å². The molecule has 0 aromatic heterocycles. The molecule has 18 heavy (non-hydrogen) atoms. The van der Waals surface area contributed by atoms with Gasteiger partial charge in [-0.15, -0.1) is 0 Å². The van der Waals surface area contributed by atoms with Gasteiger partial charge in [-0.3, -0.25) is 4.90 Å². The van der Waals surface area contributed by atoms with Crippen LogP contribution in [0.4, 0.5) is 15.8 Å². The molecule has 1 aliphatic rings. The fourth-order valence-corrected chi connectivity index (χ4v) is 2.38. The Hall–Kier alpha value is -1.29. The number of hydrogen-bond acceptors (Lipinski definition) is 3. The molecule has 0 aliphatic carbocycles. The van der Waals surface area contributed by atoms with Gasteiger partial charge in [-0.2, -0.15) is 0 Å². The van der Waals surface area contributed by atoms with E-state index in [1.54, 1.807) is 6.07 Å². The Morgan fingerprint density at radius 2 is 1.94 bits per heavy atom. The summed E-state index contributed by atoms with van der Waals surface area (Å²) in [5.74, 6) is -0.215. The first-order valence-electron chi connectivity index (χ1n) is 6.73. The topological polar surface area (TPSA) is 32.5 Å². The van der Waals surface area contributed by atoms with Gasteiger partial charge in [0.05, 0.1) is 11.4 Å². The van der Waals surface area contributed by atoms with Gasteiger partial charge in [-0.1, -0.05) is 13.3 Å². The van der Waals surface area contributed by atoms with Gasteiger partial charge in [0.15, 0.2) is 0 Å². The third kappa shape index (κ3) is 3.13. The molecule has 1 saturated heterocycles. The second kappa shape index (κ2) is 6.05. The van der Waals surface area contributed by atoms with Gasteiger partial charge in [-0.25, -0.2) is 4.39 Å². The molecule has 1 fully saturated rings. The lowest BCUT2D eigenvalue weighted by atomic mass is 10.2. The van der Waals surface area contributed by atoms with Crippen LogP contribution in [0.1, 0.15) is 19.8 Å². The molecule has 1 heterocycles. The van der Waals surface area contributed by atoms with Crippen molar-refractivity contribution in [3.05, 3.63) is 24.0 Å². The summed E-state index contributed by atoms with van der Waals surface area (Å²) >= 11 is 0. The smallest absolute Gasteiger partial charge is 0.125 e. The van der Waals surface area contributed by atoms with E-state index < -0.39 is 0 Å². The molecular weight excluding hydrogens is 229 g/mol. The van der Waals surface area contributed by atoms with Crippen LogP contribution in [0.2, 0.25) is 0 Å². The Morgan fingerprint density at radius 3 is 2.61 bits per heavy atom. The van der Waals surface area contributed by atoms with Crippen molar-refractivity contribution in [3.63, 3.8) is 0 Å². The van der Waals surface area contributed by atoms with Crippen molar-refractivity contribution in [2.24, 2.45) is 0 Å². The fraction of sp³-hybridized carbons (Fsp3) is 0.571. The highest BCUT2D eigenvalue weighted by Gasteiger charge is 2.18. The van der Waals surface area contributed by atoms with E-state index in [0.29, 0.717) is 5.69 Å². The van der Waals surface area contributed by atoms with E-state index in [2.05, 4.69) is 16.7 Å². The summed E-state index contributed by atoms with van der Waals surface area (Å²) in [6.07, 6.45) is 2.49.